The Morgan fingerprint density at radius 1 is 1.07 bits per heavy atom. The molecule has 0 bridgehead atoms. The number of ether oxygens (including phenoxy) is 3. The smallest absolute Gasteiger partial charge is 0.273 e. The highest BCUT2D eigenvalue weighted by atomic mass is 32.1. The molecule has 0 atom stereocenters. The van der Waals surface area contributed by atoms with Crippen LogP contribution in [-0.2, 0) is 38.4 Å². The quantitative estimate of drug-likeness (QED) is 0.185. The zero-order valence-electron chi connectivity index (χ0n) is 32.4. The maximum absolute atomic E-state index is 15.6. The lowest BCUT2D eigenvalue weighted by Crippen LogP contribution is -2.58. The van der Waals surface area contributed by atoms with Gasteiger partial charge in [0.05, 0.1) is 49.1 Å². The number of amides is 3. The van der Waals surface area contributed by atoms with Gasteiger partial charge in [-0.15, -0.1) is 11.3 Å². The number of piperidine rings is 1. The van der Waals surface area contributed by atoms with Crippen LogP contribution in [0.15, 0.2) is 41.8 Å². The molecule has 0 aliphatic carbocycles. The maximum Gasteiger partial charge on any atom is 0.273 e. The number of halogens is 1. The molecule has 3 aromatic rings. The first kappa shape index (κ1) is 40.7. The van der Waals surface area contributed by atoms with Crippen molar-refractivity contribution in [3.63, 3.8) is 0 Å². The molecule has 2 aromatic carbocycles. The van der Waals surface area contributed by atoms with Crippen molar-refractivity contribution >= 4 is 34.7 Å². The van der Waals surface area contributed by atoms with Gasteiger partial charge in [0, 0.05) is 62.7 Å². The first-order valence-electron chi connectivity index (χ1n) is 19.6. The predicted octanol–water partition coefficient (Wildman–Crippen LogP) is 4.87. The highest BCUT2D eigenvalue weighted by molar-refractivity contribution is 7.09. The van der Waals surface area contributed by atoms with E-state index in [9.17, 15) is 14.4 Å². The molecule has 298 valence electrons. The third-order valence-electron chi connectivity index (χ3n) is 10.6. The van der Waals surface area contributed by atoms with Gasteiger partial charge >= 0.3 is 0 Å². The highest BCUT2D eigenvalue weighted by Gasteiger charge is 2.41. The largest absolute Gasteiger partial charge is 0.481 e. The number of likely N-dealkylation sites (N-methyl/N-ethyl adjacent to an activating group) is 1. The Bertz CT molecular complexity index is 1780. The lowest BCUT2D eigenvalue weighted by Gasteiger charge is -2.47. The van der Waals surface area contributed by atoms with Crippen molar-refractivity contribution in [3.8, 4) is 5.75 Å². The van der Waals surface area contributed by atoms with Crippen molar-refractivity contribution in [1.82, 2.24) is 25.0 Å². The topological polar surface area (TPSA) is 126 Å². The van der Waals surface area contributed by atoms with Gasteiger partial charge in [0.2, 0.25) is 5.91 Å². The zero-order valence-corrected chi connectivity index (χ0v) is 33.2. The minimum absolute atomic E-state index is 0.0246. The van der Waals surface area contributed by atoms with Crippen LogP contribution in [0, 0.1) is 5.82 Å². The Morgan fingerprint density at radius 3 is 2.64 bits per heavy atom. The number of nitrogens with zero attached hydrogens (tertiary/aromatic N) is 4. The van der Waals surface area contributed by atoms with E-state index in [2.05, 4.69) is 34.4 Å². The molecule has 3 aliphatic rings. The van der Waals surface area contributed by atoms with Crippen molar-refractivity contribution in [2.24, 2.45) is 0 Å². The fraction of sp³-hybridized carbons (Fsp3) is 0.561. The van der Waals surface area contributed by atoms with E-state index in [1.54, 1.807) is 6.07 Å². The number of likely N-dealkylation sites (tertiary alicyclic amines) is 1. The second-order valence-corrected chi connectivity index (χ2v) is 15.8. The van der Waals surface area contributed by atoms with E-state index in [1.165, 1.54) is 11.3 Å². The number of para-hydroxylation sites is 1. The van der Waals surface area contributed by atoms with Gasteiger partial charge in [-0.05, 0) is 56.3 Å². The van der Waals surface area contributed by atoms with Gasteiger partial charge in [0.15, 0.2) is 6.61 Å². The summed E-state index contributed by atoms with van der Waals surface area (Å²) in [6, 6.07) is 11.3. The molecule has 3 amide bonds. The number of aromatic nitrogens is 1. The number of hydrogen-bond acceptors (Lipinski definition) is 10. The van der Waals surface area contributed by atoms with Gasteiger partial charge in [-0.2, -0.15) is 0 Å². The fourth-order valence-corrected chi connectivity index (χ4v) is 8.25. The number of benzene rings is 2. The van der Waals surface area contributed by atoms with Gasteiger partial charge in [-0.1, -0.05) is 44.2 Å². The number of anilines is 1. The van der Waals surface area contributed by atoms with Gasteiger partial charge < -0.3 is 34.6 Å². The van der Waals surface area contributed by atoms with Crippen LogP contribution < -0.4 is 15.4 Å². The Labute approximate surface area is 327 Å². The summed E-state index contributed by atoms with van der Waals surface area (Å²) in [5.74, 6) is 0.665. The van der Waals surface area contributed by atoms with E-state index in [1.807, 2.05) is 52.4 Å². The number of carbonyl (C=O) groups excluding carboxylic acids is 3. The van der Waals surface area contributed by atoms with Crippen LogP contribution in [0.5, 0.6) is 5.75 Å². The summed E-state index contributed by atoms with van der Waals surface area (Å²) < 4.78 is 33.4. The minimum Gasteiger partial charge on any atom is -0.481 e. The third-order valence-corrected chi connectivity index (χ3v) is 11.8. The molecule has 1 aromatic heterocycles. The Hall–Kier alpha value is -3.95. The van der Waals surface area contributed by atoms with Gasteiger partial charge in [-0.25, -0.2) is 9.37 Å². The average Bonchev–Trinajstić information content (AvgIpc) is 3.69. The molecule has 2 fully saturated rings. The number of hydrogen-bond donors (Lipinski definition) is 2. The summed E-state index contributed by atoms with van der Waals surface area (Å²) in [6.45, 7) is 13.0. The van der Waals surface area contributed by atoms with Crippen molar-refractivity contribution in [2.75, 3.05) is 84.1 Å². The van der Waals surface area contributed by atoms with Crippen LogP contribution in [0.4, 0.5) is 10.1 Å². The van der Waals surface area contributed by atoms with Gasteiger partial charge in [-0.3, -0.25) is 19.3 Å². The zero-order chi connectivity index (χ0) is 38.8. The third kappa shape index (κ3) is 10.7. The van der Waals surface area contributed by atoms with E-state index < -0.39 is 0 Å². The first-order chi connectivity index (χ1) is 26.6. The van der Waals surface area contributed by atoms with Crippen molar-refractivity contribution in [1.29, 1.82) is 0 Å². The van der Waals surface area contributed by atoms with Crippen molar-refractivity contribution < 1.29 is 33.0 Å². The van der Waals surface area contributed by atoms with Crippen LogP contribution in [0.1, 0.15) is 78.1 Å². The van der Waals surface area contributed by atoms with E-state index in [4.69, 9.17) is 14.2 Å². The molecular weight excluding hydrogens is 724 g/mol. The van der Waals surface area contributed by atoms with Crippen LogP contribution in [-0.4, -0.2) is 122 Å². The average molecular weight is 779 g/mol. The molecule has 2 saturated heterocycles. The molecule has 2 N–H and O–H groups in total. The van der Waals surface area contributed by atoms with Crippen LogP contribution in [0.2, 0.25) is 0 Å². The number of carbonyl (C=O) groups is 3. The van der Waals surface area contributed by atoms with Crippen molar-refractivity contribution in [2.45, 2.75) is 70.9 Å². The number of thiazole rings is 1. The van der Waals surface area contributed by atoms with Crippen LogP contribution >= 0.6 is 11.3 Å². The van der Waals surface area contributed by atoms with Gasteiger partial charge in [0.25, 0.3) is 11.8 Å². The first-order valence-corrected chi connectivity index (χ1v) is 20.5. The molecule has 0 unspecified atom stereocenters. The summed E-state index contributed by atoms with van der Waals surface area (Å²) >= 11 is 1.54. The molecule has 55 heavy (non-hydrogen) atoms. The molecule has 1 spiro atoms. The number of morpholine rings is 1. The summed E-state index contributed by atoms with van der Waals surface area (Å²) in [6.07, 6.45) is 2.99. The van der Waals surface area contributed by atoms with E-state index in [-0.39, 0.29) is 48.8 Å². The summed E-state index contributed by atoms with van der Waals surface area (Å²) in [4.78, 5) is 48.3. The van der Waals surface area contributed by atoms with E-state index >= 15 is 4.39 Å². The summed E-state index contributed by atoms with van der Waals surface area (Å²) in [5, 5.41) is 9.07. The lowest BCUT2D eigenvalue weighted by atomic mass is 9.89. The predicted molar refractivity (Wildman–Crippen MR) is 210 cm³/mol. The summed E-state index contributed by atoms with van der Waals surface area (Å²) in [5.41, 5.74) is 3.13. The number of rotatable bonds is 17. The second-order valence-electron chi connectivity index (χ2n) is 14.9. The Morgan fingerprint density at radius 2 is 1.85 bits per heavy atom. The molecule has 0 saturated carbocycles. The molecule has 12 nitrogen and oxygen atoms in total. The minimum atomic E-state index is -0.382. The molecule has 3 aliphatic heterocycles. The molecule has 6 rings (SSSR count). The SMILES string of the molecule is CCN(CCNCCc1cccc2c1OCC(=O)N2)C(=O)CCOCCc1cccc(CN2CCC3(CC2)CN(C(=O)c2csc(C(C)C)n2)CCO3)c1F. The lowest BCUT2D eigenvalue weighted by molar-refractivity contribution is -0.132. The molecule has 0 radical (unpaired) electrons. The molecular formula is C41H55FN6O6S. The van der Waals surface area contributed by atoms with Crippen molar-refractivity contribution in [3.05, 3.63) is 75.0 Å². The van der Waals surface area contributed by atoms with Crippen LogP contribution in [0.25, 0.3) is 0 Å². The van der Waals surface area contributed by atoms with E-state index in [0.717, 1.165) is 48.7 Å². The highest BCUT2D eigenvalue weighted by Crippen LogP contribution is 2.33. The van der Waals surface area contributed by atoms with E-state index in [0.29, 0.717) is 93.9 Å². The van der Waals surface area contributed by atoms with Gasteiger partial charge in [0.1, 0.15) is 17.3 Å². The number of nitrogens with one attached hydrogen (secondary N) is 2. The fourth-order valence-electron chi connectivity index (χ4n) is 7.44. The summed E-state index contributed by atoms with van der Waals surface area (Å²) in [7, 11) is 0. The van der Waals surface area contributed by atoms with Crippen LogP contribution in [0.3, 0.4) is 0 Å². The molecule has 14 heteroatoms. The Balaban J connectivity index is 0.871. The Kier molecular flexibility index (Phi) is 14.3. The second kappa shape index (κ2) is 19.3. The number of fused-ring (bicyclic) bond motifs is 1. The molecule has 4 heterocycles. The monoisotopic (exact) mass is 778 g/mol. The maximum atomic E-state index is 15.6. The standard InChI is InChI=1S/C41H55FN6O6S/c1-4-47(20-17-43-16-11-31-8-6-10-33-38(31)53-26-35(49)44-33)36(50)13-23-52-22-12-30-7-5-9-32(37(30)42)25-46-18-14-41(15-19-46)28-48(21-24-54-41)40(51)34-27-55-39(45-34)29(2)3/h5-10,27,29,43H,4,11-26,28H2,1-3H3,(H,44,49). The normalized spacial score (nSPS) is 16.9.